The lowest BCUT2D eigenvalue weighted by Crippen LogP contribution is -2.31. The summed E-state index contributed by atoms with van der Waals surface area (Å²) in [5, 5.41) is 0. The van der Waals surface area contributed by atoms with E-state index in [4.69, 9.17) is 0 Å². The molecule has 2 unspecified atom stereocenters. The number of hydrogen-bond donors (Lipinski definition) is 0. The van der Waals surface area contributed by atoms with E-state index in [1.807, 2.05) is 0 Å². The molecule has 0 heterocycles. The second-order valence-electron chi connectivity index (χ2n) is 4.34. The first-order chi connectivity index (χ1) is 4.52. The Labute approximate surface area is 72.5 Å². The van der Waals surface area contributed by atoms with Crippen LogP contribution in [0.3, 0.4) is 0 Å². The van der Waals surface area contributed by atoms with Gasteiger partial charge in [-0.05, 0) is 30.6 Å². The van der Waals surface area contributed by atoms with Gasteiger partial charge in [0.1, 0.15) is 0 Å². The van der Waals surface area contributed by atoms with Gasteiger partial charge in [0.05, 0.1) is 0 Å². The molecule has 1 aliphatic rings. The maximum absolute atomic E-state index is 3.74. The van der Waals surface area contributed by atoms with Gasteiger partial charge in [-0.25, -0.2) is 0 Å². The van der Waals surface area contributed by atoms with Crippen LogP contribution in [-0.2, 0) is 0 Å². The molecule has 1 saturated carbocycles. The van der Waals surface area contributed by atoms with Crippen LogP contribution in [0.15, 0.2) is 0 Å². The van der Waals surface area contributed by atoms with Gasteiger partial charge >= 0.3 is 0 Å². The standard InChI is InChI=1S/C9H17Br/c1-7-4-5-8(10)9(2,3)6-7/h7-8H,4-6H2,1-3H3. The Kier molecular flexibility index (Phi) is 2.44. The largest absolute Gasteiger partial charge is 0.0885 e. The molecule has 0 nitrogen and oxygen atoms in total. The summed E-state index contributed by atoms with van der Waals surface area (Å²) in [6, 6.07) is 0. The monoisotopic (exact) mass is 204 g/mol. The lowest BCUT2D eigenvalue weighted by atomic mass is 9.73. The summed E-state index contributed by atoms with van der Waals surface area (Å²) in [5.74, 6) is 0.934. The summed E-state index contributed by atoms with van der Waals surface area (Å²) >= 11 is 3.74. The molecule has 0 amide bonds. The summed E-state index contributed by atoms with van der Waals surface area (Å²) in [6.45, 7) is 7.09. The molecule has 0 spiro atoms. The predicted molar refractivity (Wildman–Crippen MR) is 49.5 cm³/mol. The molecule has 2 atom stereocenters. The van der Waals surface area contributed by atoms with E-state index in [0.29, 0.717) is 5.41 Å². The molecule has 0 N–H and O–H groups in total. The Morgan fingerprint density at radius 3 is 2.30 bits per heavy atom. The highest BCUT2D eigenvalue weighted by atomic mass is 79.9. The minimum absolute atomic E-state index is 0.525. The first-order valence-corrected chi connectivity index (χ1v) is 5.08. The average molecular weight is 205 g/mol. The summed E-state index contributed by atoms with van der Waals surface area (Å²) in [5.41, 5.74) is 0.525. The zero-order chi connectivity index (χ0) is 7.78. The minimum Gasteiger partial charge on any atom is -0.0885 e. The smallest absolute Gasteiger partial charge is 0.0197 e. The lowest BCUT2D eigenvalue weighted by Gasteiger charge is -2.38. The predicted octanol–water partition coefficient (Wildman–Crippen LogP) is 3.60. The van der Waals surface area contributed by atoms with Crippen LogP contribution in [0, 0.1) is 11.3 Å². The van der Waals surface area contributed by atoms with Crippen LogP contribution in [-0.4, -0.2) is 4.83 Å². The normalized spacial score (nSPS) is 39.6. The van der Waals surface area contributed by atoms with E-state index < -0.39 is 0 Å². The van der Waals surface area contributed by atoms with E-state index in [-0.39, 0.29) is 0 Å². The molecule has 60 valence electrons. The maximum Gasteiger partial charge on any atom is 0.0197 e. The second-order valence-corrected chi connectivity index (χ2v) is 5.45. The van der Waals surface area contributed by atoms with Crippen molar-refractivity contribution in [1.82, 2.24) is 0 Å². The molecule has 1 rings (SSSR count). The van der Waals surface area contributed by atoms with Crippen LogP contribution in [0.4, 0.5) is 0 Å². The van der Waals surface area contributed by atoms with E-state index >= 15 is 0 Å². The van der Waals surface area contributed by atoms with Crippen LogP contribution in [0.25, 0.3) is 0 Å². The molecule has 0 aliphatic heterocycles. The lowest BCUT2D eigenvalue weighted by molar-refractivity contribution is 0.205. The molecule has 1 fully saturated rings. The van der Waals surface area contributed by atoms with Gasteiger partial charge in [0.15, 0.2) is 0 Å². The van der Waals surface area contributed by atoms with Gasteiger partial charge in [-0.3, -0.25) is 0 Å². The highest BCUT2D eigenvalue weighted by Gasteiger charge is 2.33. The zero-order valence-electron chi connectivity index (χ0n) is 7.15. The molecular formula is C9H17Br. The van der Waals surface area contributed by atoms with E-state index in [2.05, 4.69) is 36.7 Å². The summed E-state index contributed by atoms with van der Waals surface area (Å²) in [6.07, 6.45) is 4.14. The van der Waals surface area contributed by atoms with E-state index in [9.17, 15) is 0 Å². The van der Waals surface area contributed by atoms with Crippen LogP contribution >= 0.6 is 15.9 Å². The fraction of sp³-hybridized carbons (Fsp3) is 1.00. The Morgan fingerprint density at radius 1 is 1.30 bits per heavy atom. The van der Waals surface area contributed by atoms with Gasteiger partial charge in [-0.2, -0.15) is 0 Å². The average Bonchev–Trinajstić information content (AvgIpc) is 1.78. The van der Waals surface area contributed by atoms with Gasteiger partial charge in [-0.1, -0.05) is 36.7 Å². The van der Waals surface area contributed by atoms with E-state index in [1.54, 1.807) is 0 Å². The Bertz CT molecular complexity index is 118. The van der Waals surface area contributed by atoms with E-state index in [0.717, 1.165) is 10.7 Å². The highest BCUT2D eigenvalue weighted by molar-refractivity contribution is 9.09. The van der Waals surface area contributed by atoms with Crippen LogP contribution in [0.1, 0.15) is 40.0 Å². The molecular weight excluding hydrogens is 188 g/mol. The van der Waals surface area contributed by atoms with Crippen LogP contribution in [0.2, 0.25) is 0 Å². The third-order valence-corrected chi connectivity index (χ3v) is 4.33. The summed E-state index contributed by atoms with van der Waals surface area (Å²) in [7, 11) is 0. The van der Waals surface area contributed by atoms with Crippen molar-refractivity contribution < 1.29 is 0 Å². The topological polar surface area (TPSA) is 0 Å². The molecule has 0 aromatic carbocycles. The number of rotatable bonds is 0. The van der Waals surface area contributed by atoms with Gasteiger partial charge in [0.2, 0.25) is 0 Å². The van der Waals surface area contributed by atoms with Crippen LogP contribution < -0.4 is 0 Å². The first-order valence-electron chi connectivity index (χ1n) is 4.16. The van der Waals surface area contributed by atoms with Crippen molar-refractivity contribution in [2.45, 2.75) is 44.9 Å². The molecule has 1 aliphatic carbocycles. The third-order valence-electron chi connectivity index (χ3n) is 2.64. The summed E-state index contributed by atoms with van der Waals surface area (Å²) < 4.78 is 0. The number of halogens is 1. The van der Waals surface area contributed by atoms with Crippen molar-refractivity contribution in [2.24, 2.45) is 11.3 Å². The van der Waals surface area contributed by atoms with Crippen molar-refractivity contribution >= 4 is 15.9 Å². The fourth-order valence-electron chi connectivity index (χ4n) is 1.95. The van der Waals surface area contributed by atoms with E-state index in [1.165, 1.54) is 19.3 Å². The molecule has 0 bridgehead atoms. The fourth-order valence-corrected chi connectivity index (χ4v) is 2.40. The first kappa shape index (κ1) is 8.58. The minimum atomic E-state index is 0.525. The Hall–Kier alpha value is 0.480. The van der Waals surface area contributed by atoms with Crippen molar-refractivity contribution in [3.63, 3.8) is 0 Å². The van der Waals surface area contributed by atoms with Crippen LogP contribution in [0.5, 0.6) is 0 Å². The molecule has 1 heteroatoms. The van der Waals surface area contributed by atoms with Gasteiger partial charge < -0.3 is 0 Å². The maximum atomic E-state index is 3.74. The molecule has 0 radical (unpaired) electrons. The zero-order valence-corrected chi connectivity index (χ0v) is 8.74. The van der Waals surface area contributed by atoms with Gasteiger partial charge in [0.25, 0.3) is 0 Å². The second kappa shape index (κ2) is 2.84. The molecule has 0 aromatic rings. The molecule has 0 saturated heterocycles. The SMILES string of the molecule is CC1CCC(Br)C(C)(C)C1. The van der Waals surface area contributed by atoms with Gasteiger partial charge in [0, 0.05) is 4.83 Å². The molecule has 0 aromatic heterocycles. The van der Waals surface area contributed by atoms with Crippen molar-refractivity contribution in [3.8, 4) is 0 Å². The molecule has 10 heavy (non-hydrogen) atoms. The van der Waals surface area contributed by atoms with Gasteiger partial charge in [-0.15, -0.1) is 0 Å². The van der Waals surface area contributed by atoms with Crippen molar-refractivity contribution in [2.75, 3.05) is 0 Å². The quantitative estimate of drug-likeness (QED) is 0.530. The number of alkyl halides is 1. The third kappa shape index (κ3) is 1.75. The number of hydrogen-bond acceptors (Lipinski definition) is 0. The summed E-state index contributed by atoms with van der Waals surface area (Å²) in [4.78, 5) is 0.746. The van der Waals surface area contributed by atoms with Crippen molar-refractivity contribution in [1.29, 1.82) is 0 Å². The Balaban J connectivity index is 2.55. The highest BCUT2D eigenvalue weighted by Crippen LogP contribution is 2.42. The Morgan fingerprint density at radius 2 is 1.90 bits per heavy atom. The van der Waals surface area contributed by atoms with Crippen molar-refractivity contribution in [3.05, 3.63) is 0 Å².